The summed E-state index contributed by atoms with van der Waals surface area (Å²) in [6, 6.07) is 10.9. The summed E-state index contributed by atoms with van der Waals surface area (Å²) in [5.41, 5.74) is 0.657. The molecule has 0 fully saturated rings. The molecule has 0 N–H and O–H groups in total. The fourth-order valence-electron chi connectivity index (χ4n) is 1.87. The molecule has 2 aromatic rings. The van der Waals surface area contributed by atoms with Crippen LogP contribution in [0.5, 0.6) is 0 Å². The van der Waals surface area contributed by atoms with Crippen LogP contribution in [0.3, 0.4) is 0 Å². The molecule has 0 spiro atoms. The molecule has 0 saturated heterocycles. The summed E-state index contributed by atoms with van der Waals surface area (Å²) >= 11 is 0. The maximum Gasteiger partial charge on any atom is 0.270 e. The SMILES string of the molecule is CC(C)N=c1ccccn1C(=O)c1cccc([N+](=O)[O-])c1. The summed E-state index contributed by atoms with van der Waals surface area (Å²) in [6.07, 6.45) is 1.60. The lowest BCUT2D eigenvalue weighted by atomic mass is 10.2. The van der Waals surface area contributed by atoms with Gasteiger partial charge in [-0.25, -0.2) is 0 Å². The van der Waals surface area contributed by atoms with Crippen LogP contribution in [0.4, 0.5) is 5.69 Å². The second kappa shape index (κ2) is 6.13. The third kappa shape index (κ3) is 3.42. The van der Waals surface area contributed by atoms with E-state index in [1.807, 2.05) is 13.8 Å². The number of aromatic nitrogens is 1. The number of nitrogens with zero attached hydrogens (tertiary/aromatic N) is 3. The highest BCUT2D eigenvalue weighted by molar-refractivity contribution is 5.96. The number of pyridine rings is 1. The van der Waals surface area contributed by atoms with Gasteiger partial charge in [0.05, 0.1) is 4.92 Å². The first-order chi connectivity index (χ1) is 9.99. The quantitative estimate of drug-likeness (QED) is 0.641. The minimum atomic E-state index is -0.522. The van der Waals surface area contributed by atoms with Crippen molar-refractivity contribution >= 4 is 11.6 Å². The Hall–Kier alpha value is -2.76. The zero-order valence-corrected chi connectivity index (χ0v) is 11.8. The van der Waals surface area contributed by atoms with Crippen molar-refractivity contribution in [3.05, 3.63) is 69.8 Å². The van der Waals surface area contributed by atoms with E-state index in [1.54, 1.807) is 30.5 Å². The van der Waals surface area contributed by atoms with Crippen LogP contribution in [0.15, 0.2) is 53.7 Å². The molecule has 0 bridgehead atoms. The molecular formula is C15H15N3O3. The predicted octanol–water partition coefficient (Wildman–Crippen LogP) is 2.39. The Balaban J connectivity index is 2.51. The molecular weight excluding hydrogens is 270 g/mol. The van der Waals surface area contributed by atoms with E-state index in [9.17, 15) is 14.9 Å². The lowest BCUT2D eigenvalue weighted by Crippen LogP contribution is -2.28. The minimum absolute atomic E-state index is 0.0385. The topological polar surface area (TPSA) is 77.5 Å². The largest absolute Gasteiger partial charge is 0.270 e. The van der Waals surface area contributed by atoms with E-state index in [0.717, 1.165) is 0 Å². The Kier molecular flexibility index (Phi) is 4.27. The molecule has 0 radical (unpaired) electrons. The van der Waals surface area contributed by atoms with Crippen molar-refractivity contribution in [1.29, 1.82) is 0 Å². The Labute approximate surface area is 121 Å². The molecule has 1 heterocycles. The zero-order chi connectivity index (χ0) is 15.4. The molecule has 0 amide bonds. The van der Waals surface area contributed by atoms with Crippen LogP contribution < -0.4 is 5.49 Å². The molecule has 0 aliphatic carbocycles. The van der Waals surface area contributed by atoms with Crippen LogP contribution in [0.1, 0.15) is 24.2 Å². The van der Waals surface area contributed by atoms with Gasteiger partial charge in [-0.2, -0.15) is 0 Å². The lowest BCUT2D eigenvalue weighted by Gasteiger charge is -2.07. The maximum atomic E-state index is 12.5. The first-order valence-corrected chi connectivity index (χ1v) is 6.49. The molecule has 2 rings (SSSR count). The van der Waals surface area contributed by atoms with Gasteiger partial charge in [0.1, 0.15) is 5.49 Å². The van der Waals surface area contributed by atoms with E-state index < -0.39 is 4.92 Å². The highest BCUT2D eigenvalue weighted by Crippen LogP contribution is 2.13. The Morgan fingerprint density at radius 3 is 2.67 bits per heavy atom. The van der Waals surface area contributed by atoms with Gasteiger partial charge in [0.2, 0.25) is 0 Å². The summed E-state index contributed by atoms with van der Waals surface area (Å²) in [5, 5.41) is 10.8. The third-order valence-corrected chi connectivity index (χ3v) is 2.75. The van der Waals surface area contributed by atoms with E-state index in [0.29, 0.717) is 5.49 Å². The highest BCUT2D eigenvalue weighted by Gasteiger charge is 2.13. The average molecular weight is 285 g/mol. The Morgan fingerprint density at radius 1 is 1.24 bits per heavy atom. The molecule has 0 unspecified atom stereocenters. The van der Waals surface area contributed by atoms with Gasteiger partial charge < -0.3 is 0 Å². The number of carbonyl (C=O) groups is 1. The van der Waals surface area contributed by atoms with E-state index in [1.165, 1.54) is 22.8 Å². The molecule has 6 nitrogen and oxygen atoms in total. The van der Waals surface area contributed by atoms with Gasteiger partial charge in [-0.3, -0.25) is 24.5 Å². The van der Waals surface area contributed by atoms with Crippen molar-refractivity contribution in [3.63, 3.8) is 0 Å². The molecule has 1 aromatic carbocycles. The monoisotopic (exact) mass is 285 g/mol. The number of nitro groups is 1. The Bertz CT molecular complexity index is 748. The van der Waals surface area contributed by atoms with Crippen molar-refractivity contribution < 1.29 is 9.72 Å². The number of carbonyl (C=O) groups excluding carboxylic acids is 1. The van der Waals surface area contributed by atoms with Gasteiger partial charge in [0.25, 0.3) is 11.6 Å². The maximum absolute atomic E-state index is 12.5. The number of hydrogen-bond acceptors (Lipinski definition) is 4. The highest BCUT2D eigenvalue weighted by atomic mass is 16.6. The van der Waals surface area contributed by atoms with Crippen LogP contribution in [-0.2, 0) is 0 Å². The van der Waals surface area contributed by atoms with Crippen LogP contribution in [0.25, 0.3) is 0 Å². The average Bonchev–Trinajstić information content (AvgIpc) is 2.46. The van der Waals surface area contributed by atoms with Gasteiger partial charge in [-0.1, -0.05) is 12.1 Å². The molecule has 6 heteroatoms. The minimum Gasteiger partial charge on any atom is -0.268 e. The standard InChI is InChI=1S/C15H15N3O3/c1-11(2)16-14-8-3-4-9-17(14)15(19)12-6-5-7-13(10-12)18(20)21/h3-11H,1-2H3. The molecule has 0 aliphatic heterocycles. The van der Waals surface area contributed by atoms with Gasteiger partial charge in [0.15, 0.2) is 0 Å². The normalized spacial score (nSPS) is 11.7. The van der Waals surface area contributed by atoms with Gasteiger partial charge >= 0.3 is 0 Å². The van der Waals surface area contributed by atoms with Crippen LogP contribution >= 0.6 is 0 Å². The van der Waals surface area contributed by atoms with E-state index in [2.05, 4.69) is 4.99 Å². The molecule has 108 valence electrons. The smallest absolute Gasteiger partial charge is 0.268 e. The van der Waals surface area contributed by atoms with Gasteiger partial charge in [0, 0.05) is 29.9 Å². The van der Waals surface area contributed by atoms with Gasteiger partial charge in [-0.15, -0.1) is 0 Å². The molecule has 0 atom stereocenters. The fraction of sp³-hybridized carbons (Fsp3) is 0.200. The lowest BCUT2D eigenvalue weighted by molar-refractivity contribution is -0.384. The first kappa shape index (κ1) is 14.6. The summed E-state index contributed by atoms with van der Waals surface area (Å²) in [6.45, 7) is 3.82. The van der Waals surface area contributed by atoms with Crippen molar-refractivity contribution in [3.8, 4) is 0 Å². The second-order valence-corrected chi connectivity index (χ2v) is 4.76. The summed E-state index contributed by atoms with van der Waals surface area (Å²) in [5.74, 6) is -0.348. The molecule has 1 aromatic heterocycles. The van der Waals surface area contributed by atoms with Crippen LogP contribution in [0, 0.1) is 10.1 Å². The fourth-order valence-corrected chi connectivity index (χ4v) is 1.87. The van der Waals surface area contributed by atoms with Crippen LogP contribution in [0.2, 0.25) is 0 Å². The first-order valence-electron chi connectivity index (χ1n) is 6.49. The van der Waals surface area contributed by atoms with E-state index >= 15 is 0 Å². The molecule has 0 saturated carbocycles. The third-order valence-electron chi connectivity index (χ3n) is 2.75. The molecule has 0 aliphatic rings. The molecule has 21 heavy (non-hydrogen) atoms. The van der Waals surface area contributed by atoms with E-state index in [4.69, 9.17) is 0 Å². The Morgan fingerprint density at radius 2 is 2.00 bits per heavy atom. The summed E-state index contributed by atoms with van der Waals surface area (Å²) in [7, 11) is 0. The zero-order valence-electron chi connectivity index (χ0n) is 11.8. The van der Waals surface area contributed by atoms with Gasteiger partial charge in [-0.05, 0) is 32.0 Å². The number of hydrogen-bond donors (Lipinski definition) is 0. The second-order valence-electron chi connectivity index (χ2n) is 4.76. The van der Waals surface area contributed by atoms with Crippen LogP contribution in [-0.4, -0.2) is 21.4 Å². The van der Waals surface area contributed by atoms with Crippen molar-refractivity contribution in [2.45, 2.75) is 19.9 Å². The van der Waals surface area contributed by atoms with Crippen molar-refractivity contribution in [1.82, 2.24) is 4.57 Å². The number of non-ortho nitro benzene ring substituents is 1. The van der Waals surface area contributed by atoms with Crippen molar-refractivity contribution in [2.75, 3.05) is 0 Å². The van der Waals surface area contributed by atoms with E-state index in [-0.39, 0.29) is 23.2 Å². The van der Waals surface area contributed by atoms with Crippen molar-refractivity contribution in [2.24, 2.45) is 4.99 Å². The summed E-state index contributed by atoms with van der Waals surface area (Å²) in [4.78, 5) is 27.1. The number of nitro benzene ring substituents is 1. The summed E-state index contributed by atoms with van der Waals surface area (Å²) < 4.78 is 1.39. The number of rotatable bonds is 3. The predicted molar refractivity (Wildman–Crippen MR) is 78.0 cm³/mol. The number of benzene rings is 1.